The van der Waals surface area contributed by atoms with Gasteiger partial charge in [0.15, 0.2) is 0 Å². The molecular formula is C10H8Cl2F7N. The minimum atomic E-state index is -4.86. The third-order valence-corrected chi connectivity index (χ3v) is 2.51. The molecule has 0 radical (unpaired) electrons. The Kier molecular flexibility index (Phi) is 6.13. The fraction of sp³-hybridized carbons (Fsp3) is 0.400. The quantitative estimate of drug-likeness (QED) is 0.760. The molecule has 0 saturated carbocycles. The first-order chi connectivity index (χ1) is 8.42. The first-order valence-corrected chi connectivity index (χ1v) is 5.18. The van der Waals surface area contributed by atoms with Crippen LogP contribution in [-0.2, 0) is 6.18 Å². The van der Waals surface area contributed by atoms with Crippen molar-refractivity contribution in [2.45, 2.75) is 24.8 Å². The van der Waals surface area contributed by atoms with Crippen molar-refractivity contribution < 1.29 is 30.7 Å². The van der Waals surface area contributed by atoms with Crippen LogP contribution < -0.4 is 5.73 Å². The molecule has 0 heterocycles. The van der Waals surface area contributed by atoms with E-state index in [1.807, 2.05) is 0 Å². The second kappa shape index (κ2) is 6.36. The number of halogens is 9. The molecule has 1 aromatic rings. The van der Waals surface area contributed by atoms with Crippen molar-refractivity contribution in [2.24, 2.45) is 5.73 Å². The van der Waals surface area contributed by atoms with Gasteiger partial charge < -0.3 is 5.73 Å². The highest BCUT2D eigenvalue weighted by Gasteiger charge is 2.36. The predicted molar refractivity (Wildman–Crippen MR) is 61.3 cm³/mol. The molecule has 1 nitrogen and oxygen atoms in total. The van der Waals surface area contributed by atoms with Gasteiger partial charge in [0.2, 0.25) is 0 Å². The zero-order valence-corrected chi connectivity index (χ0v) is 11.0. The summed E-state index contributed by atoms with van der Waals surface area (Å²) in [5.41, 5.74) is 2.80. The number of benzene rings is 1. The summed E-state index contributed by atoms with van der Waals surface area (Å²) >= 11 is 5.23. The van der Waals surface area contributed by atoms with Gasteiger partial charge >= 0.3 is 12.4 Å². The summed E-state index contributed by atoms with van der Waals surface area (Å²) in [4.78, 5) is 0. The molecule has 0 aliphatic carbocycles. The Morgan fingerprint density at radius 1 is 1.10 bits per heavy atom. The summed E-state index contributed by atoms with van der Waals surface area (Å²) in [6, 6.07) is -1.43. The fourth-order valence-electron chi connectivity index (χ4n) is 1.40. The maximum atomic E-state index is 13.4. The van der Waals surface area contributed by atoms with E-state index in [9.17, 15) is 30.7 Å². The smallest absolute Gasteiger partial charge is 0.324 e. The molecule has 116 valence electrons. The van der Waals surface area contributed by atoms with Crippen molar-refractivity contribution >= 4 is 24.0 Å². The molecule has 0 amide bonds. The molecular weight excluding hydrogens is 338 g/mol. The number of alkyl halides is 6. The number of hydrogen-bond donors (Lipinski definition) is 1. The summed E-state index contributed by atoms with van der Waals surface area (Å²) in [7, 11) is 0. The summed E-state index contributed by atoms with van der Waals surface area (Å²) in [5.74, 6) is -1.38. The Labute approximate surface area is 120 Å². The summed E-state index contributed by atoms with van der Waals surface area (Å²) in [5, 5.41) is -0.928. The van der Waals surface area contributed by atoms with E-state index in [0.29, 0.717) is 6.07 Å². The van der Waals surface area contributed by atoms with E-state index in [2.05, 4.69) is 0 Å². The average Bonchev–Trinajstić information content (AvgIpc) is 2.17. The molecule has 0 saturated heterocycles. The molecule has 0 bridgehead atoms. The molecule has 1 aromatic carbocycles. The first kappa shape index (κ1) is 19.3. The minimum absolute atomic E-state index is 0. The monoisotopic (exact) mass is 345 g/mol. The SMILES string of the molecule is Cl.N[C@@H](CC(F)(F)F)c1cc(C(F)(F)F)cc(Cl)c1F. The van der Waals surface area contributed by atoms with Gasteiger partial charge in [-0.1, -0.05) is 11.6 Å². The summed E-state index contributed by atoms with van der Waals surface area (Å²) in [6.07, 6.45) is -11.2. The van der Waals surface area contributed by atoms with Gasteiger partial charge in [-0.25, -0.2) is 4.39 Å². The lowest BCUT2D eigenvalue weighted by Crippen LogP contribution is -2.22. The van der Waals surface area contributed by atoms with Crippen LogP contribution in [0.25, 0.3) is 0 Å². The topological polar surface area (TPSA) is 26.0 Å². The van der Waals surface area contributed by atoms with E-state index in [1.54, 1.807) is 0 Å². The average molecular weight is 346 g/mol. The highest BCUT2D eigenvalue weighted by molar-refractivity contribution is 6.30. The molecule has 2 N–H and O–H groups in total. The van der Waals surface area contributed by atoms with Crippen LogP contribution in [0, 0.1) is 5.82 Å². The van der Waals surface area contributed by atoms with Crippen LogP contribution in [0.3, 0.4) is 0 Å². The number of hydrogen-bond acceptors (Lipinski definition) is 1. The third kappa shape index (κ3) is 4.99. The van der Waals surface area contributed by atoms with E-state index >= 15 is 0 Å². The lowest BCUT2D eigenvalue weighted by Gasteiger charge is -2.17. The van der Waals surface area contributed by atoms with E-state index in [4.69, 9.17) is 17.3 Å². The highest BCUT2D eigenvalue weighted by Crippen LogP contribution is 2.37. The normalized spacial score (nSPS) is 13.8. The molecule has 1 rings (SSSR count). The van der Waals surface area contributed by atoms with Crippen molar-refractivity contribution in [1.29, 1.82) is 0 Å². The van der Waals surface area contributed by atoms with Gasteiger partial charge in [-0.2, -0.15) is 26.3 Å². The van der Waals surface area contributed by atoms with Crippen LogP contribution in [0.15, 0.2) is 12.1 Å². The highest BCUT2D eigenvalue weighted by atomic mass is 35.5. The molecule has 0 aromatic heterocycles. The number of nitrogens with two attached hydrogens (primary N) is 1. The maximum absolute atomic E-state index is 13.4. The van der Waals surface area contributed by atoms with Gasteiger partial charge in [-0.05, 0) is 12.1 Å². The van der Waals surface area contributed by atoms with Crippen LogP contribution in [0.1, 0.15) is 23.6 Å². The molecule has 0 aliphatic rings. The first-order valence-electron chi connectivity index (χ1n) is 4.80. The molecule has 0 fully saturated rings. The second-order valence-electron chi connectivity index (χ2n) is 3.78. The van der Waals surface area contributed by atoms with Crippen molar-refractivity contribution in [2.75, 3.05) is 0 Å². The van der Waals surface area contributed by atoms with Gasteiger partial charge in [0, 0.05) is 11.6 Å². The standard InChI is InChI=1S/C10H7ClF7N.ClH/c11-6-2-4(10(16,17)18)1-5(8(6)12)7(19)3-9(13,14)15;/h1-2,7H,3,19H2;1H/t7-;/m0./s1. The van der Waals surface area contributed by atoms with Gasteiger partial charge in [0.05, 0.1) is 17.0 Å². The summed E-state index contributed by atoms with van der Waals surface area (Å²) < 4.78 is 87.1. The van der Waals surface area contributed by atoms with Crippen LogP contribution in [0.2, 0.25) is 5.02 Å². The van der Waals surface area contributed by atoms with E-state index < -0.39 is 46.8 Å². The van der Waals surface area contributed by atoms with Crippen molar-refractivity contribution in [3.8, 4) is 0 Å². The predicted octanol–water partition coefficient (Wildman–Crippen LogP) is 4.87. The van der Waals surface area contributed by atoms with E-state index in [-0.39, 0.29) is 18.5 Å². The Morgan fingerprint density at radius 3 is 2.00 bits per heavy atom. The minimum Gasteiger partial charge on any atom is -0.324 e. The van der Waals surface area contributed by atoms with Crippen molar-refractivity contribution in [3.63, 3.8) is 0 Å². The van der Waals surface area contributed by atoms with E-state index in [1.165, 1.54) is 0 Å². The van der Waals surface area contributed by atoms with Crippen LogP contribution in [-0.4, -0.2) is 6.18 Å². The largest absolute Gasteiger partial charge is 0.416 e. The second-order valence-corrected chi connectivity index (χ2v) is 4.19. The Hall–Kier alpha value is -0.730. The number of rotatable bonds is 2. The van der Waals surface area contributed by atoms with Crippen molar-refractivity contribution in [3.05, 3.63) is 34.1 Å². The van der Waals surface area contributed by atoms with Crippen LogP contribution in [0.4, 0.5) is 30.7 Å². The van der Waals surface area contributed by atoms with Crippen LogP contribution >= 0.6 is 24.0 Å². The molecule has 0 aliphatic heterocycles. The zero-order valence-electron chi connectivity index (χ0n) is 9.45. The molecule has 20 heavy (non-hydrogen) atoms. The van der Waals surface area contributed by atoms with Crippen molar-refractivity contribution in [1.82, 2.24) is 0 Å². The molecule has 0 unspecified atom stereocenters. The maximum Gasteiger partial charge on any atom is 0.416 e. The van der Waals surface area contributed by atoms with Gasteiger partial charge in [0.1, 0.15) is 5.82 Å². The fourth-order valence-corrected chi connectivity index (χ4v) is 1.63. The molecule has 0 spiro atoms. The van der Waals surface area contributed by atoms with Gasteiger partial charge in [-0.3, -0.25) is 0 Å². The summed E-state index contributed by atoms with van der Waals surface area (Å²) in [6.45, 7) is 0. The Morgan fingerprint density at radius 2 is 1.60 bits per heavy atom. The van der Waals surface area contributed by atoms with Gasteiger partial charge in [-0.15, -0.1) is 12.4 Å². The third-order valence-electron chi connectivity index (χ3n) is 2.23. The zero-order chi connectivity index (χ0) is 15.0. The lowest BCUT2D eigenvalue weighted by atomic mass is 10.0. The lowest BCUT2D eigenvalue weighted by molar-refractivity contribution is -0.138. The van der Waals surface area contributed by atoms with Gasteiger partial charge in [0.25, 0.3) is 0 Å². The van der Waals surface area contributed by atoms with Crippen LogP contribution in [0.5, 0.6) is 0 Å². The Balaban J connectivity index is 0.00000361. The van der Waals surface area contributed by atoms with E-state index in [0.717, 1.165) is 0 Å². The molecule has 10 heteroatoms. The molecule has 1 atom stereocenters. The Bertz CT molecular complexity index is 470.